The third kappa shape index (κ3) is 3.53. The molecule has 0 saturated heterocycles. The summed E-state index contributed by atoms with van der Waals surface area (Å²) >= 11 is 0. The van der Waals surface area contributed by atoms with Crippen LogP contribution in [-0.4, -0.2) is 30.3 Å². The molecule has 4 heteroatoms. The Morgan fingerprint density at radius 3 is 2.05 bits per heavy atom. The highest BCUT2D eigenvalue weighted by atomic mass is 16.6. The van der Waals surface area contributed by atoms with E-state index in [-0.39, 0.29) is 12.1 Å². The highest BCUT2D eigenvalue weighted by Gasteiger charge is 2.64. The Labute approximate surface area is 129 Å². The second-order valence-electron chi connectivity index (χ2n) is 8.92. The second kappa shape index (κ2) is 5.15. The summed E-state index contributed by atoms with van der Waals surface area (Å²) in [5, 5.41) is 6.59. The number of carbonyl (C=O) groups excluding carboxylic acids is 1. The molecule has 0 spiro atoms. The first-order valence-electron chi connectivity index (χ1n) is 8.16. The fourth-order valence-corrected chi connectivity index (χ4v) is 3.50. The number of nitrogens with one attached hydrogen (secondary N) is 2. The molecule has 2 aliphatic carbocycles. The second-order valence-corrected chi connectivity index (χ2v) is 8.92. The maximum Gasteiger partial charge on any atom is 0.407 e. The van der Waals surface area contributed by atoms with Crippen LogP contribution in [0.2, 0.25) is 0 Å². The van der Waals surface area contributed by atoms with Gasteiger partial charge in [0.15, 0.2) is 0 Å². The zero-order valence-corrected chi connectivity index (χ0v) is 14.7. The number of amides is 1. The first-order valence-corrected chi connectivity index (χ1v) is 8.16. The van der Waals surface area contributed by atoms with E-state index in [1.165, 1.54) is 0 Å². The average Bonchev–Trinajstić information content (AvgIpc) is 2.59. The van der Waals surface area contributed by atoms with Gasteiger partial charge in [-0.15, -0.1) is 0 Å². The van der Waals surface area contributed by atoms with Crippen LogP contribution in [0.3, 0.4) is 0 Å². The number of alkyl carbamates (subject to hydrolysis) is 1. The highest BCUT2D eigenvalue weighted by molar-refractivity contribution is 5.68. The summed E-state index contributed by atoms with van der Waals surface area (Å²) in [4.78, 5) is 11.7. The van der Waals surface area contributed by atoms with Crippen LogP contribution in [0.25, 0.3) is 0 Å². The molecule has 2 aliphatic rings. The summed E-state index contributed by atoms with van der Waals surface area (Å²) in [6.07, 6.45) is 1.72. The van der Waals surface area contributed by atoms with Gasteiger partial charge in [-0.05, 0) is 56.9 Å². The molecule has 4 nitrogen and oxygen atoms in total. The van der Waals surface area contributed by atoms with Crippen LogP contribution in [0.15, 0.2) is 0 Å². The highest BCUT2D eigenvalue weighted by Crippen LogP contribution is 2.68. The molecule has 0 aromatic heterocycles. The standard InChI is InChI=1S/C17H32N2O2/c1-15(2,3)21-14(20)19-12-8-11(9-12)18-10-13-16(4,5)17(13,6)7/h11-13,18H,8-10H2,1-7H3,(H,19,20). The summed E-state index contributed by atoms with van der Waals surface area (Å²) in [5.41, 5.74) is 0.463. The fourth-order valence-electron chi connectivity index (χ4n) is 3.50. The Morgan fingerprint density at radius 2 is 1.62 bits per heavy atom. The van der Waals surface area contributed by atoms with Gasteiger partial charge in [0, 0.05) is 12.1 Å². The predicted molar refractivity (Wildman–Crippen MR) is 85.2 cm³/mol. The molecule has 21 heavy (non-hydrogen) atoms. The maximum absolute atomic E-state index is 11.7. The van der Waals surface area contributed by atoms with Gasteiger partial charge in [-0.25, -0.2) is 4.79 Å². The molecule has 2 saturated carbocycles. The van der Waals surface area contributed by atoms with E-state index in [0.29, 0.717) is 16.9 Å². The Bertz CT molecular complexity index is 390. The largest absolute Gasteiger partial charge is 0.444 e. The molecule has 122 valence electrons. The Hall–Kier alpha value is -0.770. The molecule has 0 aliphatic heterocycles. The van der Waals surface area contributed by atoms with Gasteiger partial charge in [0.05, 0.1) is 0 Å². The predicted octanol–water partition coefficient (Wildman–Crippen LogP) is 3.31. The first-order chi connectivity index (χ1) is 9.43. The van der Waals surface area contributed by atoms with Crippen molar-refractivity contribution in [3.63, 3.8) is 0 Å². The van der Waals surface area contributed by atoms with Crippen LogP contribution >= 0.6 is 0 Å². The van der Waals surface area contributed by atoms with E-state index in [1.807, 2.05) is 20.8 Å². The number of ether oxygens (including phenoxy) is 1. The third-order valence-corrected chi connectivity index (χ3v) is 5.79. The minimum Gasteiger partial charge on any atom is -0.444 e. The van der Waals surface area contributed by atoms with Crippen LogP contribution in [0.1, 0.15) is 61.3 Å². The fraction of sp³-hybridized carbons (Fsp3) is 0.941. The molecule has 2 fully saturated rings. The first kappa shape index (κ1) is 16.6. The van der Waals surface area contributed by atoms with Crippen molar-refractivity contribution in [1.82, 2.24) is 10.6 Å². The summed E-state index contributed by atoms with van der Waals surface area (Å²) in [6.45, 7) is 16.2. The maximum atomic E-state index is 11.7. The lowest BCUT2D eigenvalue weighted by Crippen LogP contribution is -2.53. The van der Waals surface area contributed by atoms with Crippen molar-refractivity contribution in [3.05, 3.63) is 0 Å². The number of hydrogen-bond donors (Lipinski definition) is 2. The van der Waals surface area contributed by atoms with Crippen molar-refractivity contribution < 1.29 is 9.53 Å². The Kier molecular flexibility index (Phi) is 4.07. The van der Waals surface area contributed by atoms with Crippen LogP contribution in [0, 0.1) is 16.7 Å². The van der Waals surface area contributed by atoms with Gasteiger partial charge in [-0.1, -0.05) is 27.7 Å². The quantitative estimate of drug-likeness (QED) is 0.837. The molecule has 0 atom stereocenters. The van der Waals surface area contributed by atoms with Crippen LogP contribution in [0.5, 0.6) is 0 Å². The molecular formula is C17H32N2O2. The van der Waals surface area contributed by atoms with Crippen molar-refractivity contribution in [2.24, 2.45) is 16.7 Å². The molecule has 0 aromatic carbocycles. The minimum atomic E-state index is -0.422. The molecular weight excluding hydrogens is 264 g/mol. The lowest BCUT2D eigenvalue weighted by Gasteiger charge is -2.37. The monoisotopic (exact) mass is 296 g/mol. The van der Waals surface area contributed by atoms with E-state index in [4.69, 9.17) is 4.74 Å². The lowest BCUT2D eigenvalue weighted by molar-refractivity contribution is 0.0465. The summed E-state index contributed by atoms with van der Waals surface area (Å²) in [7, 11) is 0. The number of hydrogen-bond acceptors (Lipinski definition) is 3. The zero-order valence-electron chi connectivity index (χ0n) is 14.7. The van der Waals surface area contributed by atoms with Gasteiger partial charge >= 0.3 is 6.09 Å². The van der Waals surface area contributed by atoms with Crippen molar-refractivity contribution in [3.8, 4) is 0 Å². The van der Waals surface area contributed by atoms with Gasteiger partial charge in [-0.3, -0.25) is 0 Å². The van der Waals surface area contributed by atoms with E-state index in [0.717, 1.165) is 25.3 Å². The van der Waals surface area contributed by atoms with Crippen LogP contribution in [0.4, 0.5) is 4.79 Å². The topological polar surface area (TPSA) is 50.4 Å². The average molecular weight is 296 g/mol. The van der Waals surface area contributed by atoms with Gasteiger partial charge in [0.2, 0.25) is 0 Å². The van der Waals surface area contributed by atoms with Gasteiger partial charge in [0.1, 0.15) is 5.60 Å². The molecule has 1 amide bonds. The zero-order chi connectivity index (χ0) is 16.1. The van der Waals surface area contributed by atoms with E-state index in [1.54, 1.807) is 0 Å². The lowest BCUT2D eigenvalue weighted by atomic mass is 9.86. The van der Waals surface area contributed by atoms with E-state index >= 15 is 0 Å². The summed E-state index contributed by atoms with van der Waals surface area (Å²) in [5.74, 6) is 0.753. The van der Waals surface area contributed by atoms with Crippen molar-refractivity contribution >= 4 is 6.09 Å². The number of carbonyl (C=O) groups is 1. The molecule has 0 bridgehead atoms. The molecule has 0 unspecified atom stereocenters. The van der Waals surface area contributed by atoms with Crippen molar-refractivity contribution in [2.45, 2.75) is 79.0 Å². The SMILES string of the molecule is CC(C)(C)OC(=O)NC1CC(NCC2C(C)(C)C2(C)C)C1. The summed E-state index contributed by atoms with van der Waals surface area (Å²) in [6, 6.07) is 0.801. The molecule has 2 rings (SSSR count). The van der Waals surface area contributed by atoms with Gasteiger partial charge in [-0.2, -0.15) is 0 Å². The smallest absolute Gasteiger partial charge is 0.407 e. The van der Waals surface area contributed by atoms with Gasteiger partial charge < -0.3 is 15.4 Å². The minimum absolute atomic E-state index is 0.262. The molecule has 0 radical (unpaired) electrons. The third-order valence-electron chi connectivity index (χ3n) is 5.79. The Morgan fingerprint density at radius 1 is 1.10 bits per heavy atom. The van der Waals surface area contributed by atoms with E-state index < -0.39 is 5.60 Å². The van der Waals surface area contributed by atoms with Crippen LogP contribution in [-0.2, 0) is 4.74 Å². The van der Waals surface area contributed by atoms with E-state index in [9.17, 15) is 4.79 Å². The normalized spacial score (nSPS) is 30.4. The summed E-state index contributed by atoms with van der Waals surface area (Å²) < 4.78 is 5.27. The molecule has 0 aromatic rings. The van der Waals surface area contributed by atoms with Crippen LogP contribution < -0.4 is 10.6 Å². The van der Waals surface area contributed by atoms with Crippen molar-refractivity contribution in [1.29, 1.82) is 0 Å². The number of rotatable bonds is 4. The van der Waals surface area contributed by atoms with Gasteiger partial charge in [0.25, 0.3) is 0 Å². The van der Waals surface area contributed by atoms with Crippen molar-refractivity contribution in [2.75, 3.05) is 6.54 Å². The Balaban J connectivity index is 1.61. The van der Waals surface area contributed by atoms with E-state index in [2.05, 4.69) is 38.3 Å². The molecule has 0 heterocycles. The molecule has 2 N–H and O–H groups in total.